The van der Waals surface area contributed by atoms with Gasteiger partial charge in [-0.25, -0.2) is 9.82 Å². The first-order valence-electron chi connectivity index (χ1n) is 10.5. The van der Waals surface area contributed by atoms with Crippen molar-refractivity contribution >= 4 is 29.8 Å². The molecule has 2 aromatic rings. The number of benzene rings is 2. The van der Waals surface area contributed by atoms with Crippen LogP contribution in [0.4, 0.5) is 10.1 Å². The Morgan fingerprint density at radius 1 is 1.19 bits per heavy atom. The predicted molar refractivity (Wildman–Crippen MR) is 121 cm³/mol. The number of piperidine rings is 1. The van der Waals surface area contributed by atoms with Gasteiger partial charge in [-0.3, -0.25) is 4.79 Å². The van der Waals surface area contributed by atoms with Crippen molar-refractivity contribution in [3.05, 3.63) is 47.8 Å². The fourth-order valence-corrected chi connectivity index (χ4v) is 4.78. The molecule has 164 valence electrons. The highest BCUT2D eigenvalue weighted by molar-refractivity contribution is 6.09. The summed E-state index contributed by atoms with van der Waals surface area (Å²) in [5, 5.41) is 7.63. The Bertz CT molecular complexity index is 1040. The monoisotopic (exact) mass is 444 g/mol. The standard InChI is InChI=1S/C23H25FN4O2.ClH/c1-13-11-25-8-7-15(13)17-9-20-21(10-18(17)16-5-3-4-6-19(16)24)30-12-22-26-27-23(29)14(2)28(20)22;/h3-6,9-10,13-15,25H,7-8,11-12H2,1-2H3,(H,27,29);1H/t13-,14-,15+;/m1./s1. The molecule has 3 atom stereocenters. The summed E-state index contributed by atoms with van der Waals surface area (Å²) in [5.74, 6) is 1.62. The lowest BCUT2D eigenvalue weighted by Gasteiger charge is -2.39. The molecular formula is C23H26ClFN4O2. The third kappa shape index (κ3) is 3.66. The first-order chi connectivity index (χ1) is 14.5. The molecule has 3 aliphatic rings. The van der Waals surface area contributed by atoms with E-state index in [-0.39, 0.29) is 36.7 Å². The molecule has 0 bridgehead atoms. The Morgan fingerprint density at radius 3 is 2.77 bits per heavy atom. The molecule has 1 fully saturated rings. The lowest BCUT2D eigenvalue weighted by molar-refractivity contribution is -0.122. The minimum atomic E-state index is -0.391. The number of carbonyl (C=O) groups is 1. The lowest BCUT2D eigenvalue weighted by Crippen LogP contribution is -2.55. The van der Waals surface area contributed by atoms with E-state index in [1.807, 2.05) is 30.0 Å². The number of anilines is 1. The Balaban J connectivity index is 0.00000231. The Kier molecular flexibility index (Phi) is 5.90. The van der Waals surface area contributed by atoms with Crippen molar-refractivity contribution in [3.8, 4) is 16.9 Å². The van der Waals surface area contributed by atoms with Crippen LogP contribution in [0.15, 0.2) is 41.5 Å². The van der Waals surface area contributed by atoms with Crippen molar-refractivity contribution in [2.45, 2.75) is 32.2 Å². The molecule has 1 saturated heterocycles. The molecule has 6 nitrogen and oxygen atoms in total. The smallest absolute Gasteiger partial charge is 0.262 e. The molecule has 0 aliphatic carbocycles. The van der Waals surface area contributed by atoms with E-state index in [4.69, 9.17) is 4.74 Å². The van der Waals surface area contributed by atoms with E-state index in [1.165, 1.54) is 6.07 Å². The summed E-state index contributed by atoms with van der Waals surface area (Å²) in [5.41, 5.74) is 5.92. The van der Waals surface area contributed by atoms with Crippen LogP contribution in [0.1, 0.15) is 31.7 Å². The Labute approximate surface area is 187 Å². The van der Waals surface area contributed by atoms with E-state index in [2.05, 4.69) is 28.8 Å². The second-order valence-corrected chi connectivity index (χ2v) is 8.30. The van der Waals surface area contributed by atoms with Crippen LogP contribution in [0.5, 0.6) is 5.75 Å². The van der Waals surface area contributed by atoms with Gasteiger partial charge in [0.2, 0.25) is 0 Å². The molecule has 5 rings (SSSR count). The zero-order valence-electron chi connectivity index (χ0n) is 17.5. The first kappa shape index (κ1) is 21.6. The van der Waals surface area contributed by atoms with Gasteiger partial charge in [-0.1, -0.05) is 25.1 Å². The fourth-order valence-electron chi connectivity index (χ4n) is 4.78. The summed E-state index contributed by atoms with van der Waals surface area (Å²) >= 11 is 0. The molecule has 0 saturated carbocycles. The summed E-state index contributed by atoms with van der Waals surface area (Å²) in [4.78, 5) is 14.2. The van der Waals surface area contributed by atoms with Gasteiger partial charge in [-0.05, 0) is 67.6 Å². The van der Waals surface area contributed by atoms with Gasteiger partial charge in [0.05, 0.1) is 5.69 Å². The zero-order valence-corrected chi connectivity index (χ0v) is 18.3. The lowest BCUT2D eigenvalue weighted by atomic mass is 9.78. The highest BCUT2D eigenvalue weighted by Gasteiger charge is 2.37. The first-order valence-corrected chi connectivity index (χ1v) is 10.5. The number of hydrazone groups is 1. The molecule has 3 aliphatic heterocycles. The number of nitrogens with zero attached hydrogens (tertiary/aromatic N) is 2. The van der Waals surface area contributed by atoms with Crippen LogP contribution in [0.2, 0.25) is 0 Å². The van der Waals surface area contributed by atoms with Crippen LogP contribution in [-0.4, -0.2) is 37.5 Å². The van der Waals surface area contributed by atoms with Crippen LogP contribution in [0.25, 0.3) is 11.1 Å². The van der Waals surface area contributed by atoms with E-state index in [0.717, 1.165) is 36.3 Å². The number of nitrogens with one attached hydrogen (secondary N) is 2. The van der Waals surface area contributed by atoms with Crippen molar-refractivity contribution < 1.29 is 13.9 Å². The van der Waals surface area contributed by atoms with Crippen molar-refractivity contribution in [2.75, 3.05) is 24.6 Å². The van der Waals surface area contributed by atoms with Crippen LogP contribution in [-0.2, 0) is 4.79 Å². The molecular weight excluding hydrogens is 419 g/mol. The highest BCUT2D eigenvalue weighted by atomic mass is 35.5. The van der Waals surface area contributed by atoms with E-state index >= 15 is 0 Å². The quantitative estimate of drug-likeness (QED) is 0.742. The van der Waals surface area contributed by atoms with Gasteiger partial charge >= 0.3 is 0 Å². The maximum Gasteiger partial charge on any atom is 0.262 e. The largest absolute Gasteiger partial charge is 0.483 e. The van der Waals surface area contributed by atoms with Gasteiger partial charge in [0.15, 0.2) is 5.84 Å². The third-order valence-electron chi connectivity index (χ3n) is 6.44. The maximum absolute atomic E-state index is 14.8. The third-order valence-corrected chi connectivity index (χ3v) is 6.44. The summed E-state index contributed by atoms with van der Waals surface area (Å²) in [6.07, 6.45) is 0.971. The SMILES string of the molecule is C[C@@H]1CNCC[C@@H]1c1cc2c(cc1-c1ccccc1F)OCC1=NNC(=O)[C@@H](C)N12.Cl. The van der Waals surface area contributed by atoms with Crippen LogP contribution in [0.3, 0.4) is 0 Å². The van der Waals surface area contributed by atoms with E-state index in [0.29, 0.717) is 23.1 Å². The van der Waals surface area contributed by atoms with Gasteiger partial charge in [-0.2, -0.15) is 5.10 Å². The maximum atomic E-state index is 14.8. The topological polar surface area (TPSA) is 66.0 Å². The van der Waals surface area contributed by atoms with Crippen molar-refractivity contribution in [2.24, 2.45) is 11.0 Å². The van der Waals surface area contributed by atoms with Crippen LogP contribution < -0.4 is 20.4 Å². The number of halogens is 2. The molecule has 2 aromatic carbocycles. The summed E-state index contributed by atoms with van der Waals surface area (Å²) in [7, 11) is 0. The molecule has 0 aromatic heterocycles. The Morgan fingerprint density at radius 2 is 2.00 bits per heavy atom. The summed E-state index contributed by atoms with van der Waals surface area (Å²) in [6.45, 7) is 6.19. The molecule has 0 radical (unpaired) electrons. The van der Waals surface area contributed by atoms with E-state index in [1.54, 1.807) is 6.07 Å². The normalized spacial score (nSPS) is 24.7. The molecule has 0 spiro atoms. The number of amides is 1. The number of carbonyl (C=O) groups excluding carboxylic acids is 1. The van der Waals surface area contributed by atoms with Crippen LogP contribution in [0, 0.1) is 11.7 Å². The average molecular weight is 445 g/mol. The fraction of sp³-hybridized carbons (Fsp3) is 0.391. The number of rotatable bonds is 2. The highest BCUT2D eigenvalue weighted by Crippen LogP contribution is 2.45. The second-order valence-electron chi connectivity index (χ2n) is 8.30. The molecule has 3 heterocycles. The van der Waals surface area contributed by atoms with Gasteiger partial charge in [-0.15, -0.1) is 12.4 Å². The molecule has 31 heavy (non-hydrogen) atoms. The van der Waals surface area contributed by atoms with Crippen molar-refractivity contribution in [3.63, 3.8) is 0 Å². The van der Waals surface area contributed by atoms with Gasteiger partial charge < -0.3 is 15.0 Å². The number of hydrogen-bond acceptors (Lipinski definition) is 5. The van der Waals surface area contributed by atoms with E-state index in [9.17, 15) is 9.18 Å². The summed E-state index contributed by atoms with van der Waals surface area (Å²) < 4.78 is 20.8. The average Bonchev–Trinajstić information content (AvgIpc) is 2.76. The number of fused-ring (bicyclic) bond motifs is 3. The summed E-state index contributed by atoms with van der Waals surface area (Å²) in [6, 6.07) is 10.5. The van der Waals surface area contributed by atoms with Gasteiger partial charge in [0.25, 0.3) is 5.91 Å². The Hall–Kier alpha value is -2.64. The number of amidine groups is 1. The molecule has 8 heteroatoms. The molecule has 1 amide bonds. The second kappa shape index (κ2) is 8.48. The number of hydrogen-bond donors (Lipinski definition) is 2. The minimum absolute atomic E-state index is 0. The predicted octanol–water partition coefficient (Wildman–Crippen LogP) is 3.66. The van der Waals surface area contributed by atoms with Crippen molar-refractivity contribution in [1.82, 2.24) is 10.7 Å². The van der Waals surface area contributed by atoms with Gasteiger partial charge in [0, 0.05) is 5.56 Å². The van der Waals surface area contributed by atoms with Crippen LogP contribution >= 0.6 is 12.4 Å². The molecule has 2 N–H and O–H groups in total. The number of ether oxygens (including phenoxy) is 1. The zero-order chi connectivity index (χ0) is 20.8. The molecule has 0 unspecified atom stereocenters. The van der Waals surface area contributed by atoms with Crippen molar-refractivity contribution in [1.29, 1.82) is 0 Å². The van der Waals surface area contributed by atoms with Gasteiger partial charge in [0.1, 0.15) is 24.2 Å². The van der Waals surface area contributed by atoms with E-state index < -0.39 is 6.04 Å². The minimum Gasteiger partial charge on any atom is -0.483 e.